The summed E-state index contributed by atoms with van der Waals surface area (Å²) in [6.07, 6.45) is 0. The van der Waals surface area contributed by atoms with Crippen molar-refractivity contribution in [3.05, 3.63) is 52.5 Å². The van der Waals surface area contributed by atoms with Gasteiger partial charge in [-0.25, -0.2) is 0 Å². The predicted octanol–water partition coefficient (Wildman–Crippen LogP) is 4.46. The third-order valence-corrected chi connectivity index (χ3v) is 4.42. The maximum atomic E-state index is 11.9. The number of benzene rings is 2. The van der Waals surface area contributed by atoms with Crippen molar-refractivity contribution < 1.29 is 14.3 Å². The fourth-order valence-corrected chi connectivity index (χ4v) is 3.03. The van der Waals surface area contributed by atoms with Gasteiger partial charge in [-0.3, -0.25) is 4.79 Å². The van der Waals surface area contributed by atoms with Crippen LogP contribution in [0.15, 0.2) is 51.8 Å². The van der Waals surface area contributed by atoms with Gasteiger partial charge in [0.25, 0.3) is 0 Å². The molecule has 0 aromatic heterocycles. The number of ether oxygens (including phenoxy) is 2. The molecule has 0 aliphatic rings. The van der Waals surface area contributed by atoms with Crippen LogP contribution < -0.4 is 9.47 Å². The van der Waals surface area contributed by atoms with Gasteiger partial charge in [0.1, 0.15) is 0 Å². The quantitative estimate of drug-likeness (QED) is 0.444. The van der Waals surface area contributed by atoms with Crippen LogP contribution in [0.3, 0.4) is 0 Å². The third-order valence-electron chi connectivity index (χ3n) is 2.78. The molecule has 0 unspecified atom stereocenters. The number of carbonyl (C=O) groups is 1. The van der Waals surface area contributed by atoms with E-state index in [-0.39, 0.29) is 11.7 Å². The van der Waals surface area contributed by atoms with Crippen molar-refractivity contribution in [1.82, 2.24) is 0 Å². The Morgan fingerprint density at radius 2 is 1.90 bits per heavy atom. The standard InChI is InChI=1S/C16H15BrO3S/c1-11-9-12(17)7-8-15(11)21-10-16(18)20-14-6-4-3-5-13(14)19-2/h3-9H,10H2,1-2H3. The molecular formula is C16H15BrO3S. The zero-order chi connectivity index (χ0) is 15.2. The molecule has 3 nitrogen and oxygen atoms in total. The van der Waals surface area contributed by atoms with Crippen molar-refractivity contribution in [2.24, 2.45) is 0 Å². The van der Waals surface area contributed by atoms with E-state index in [1.54, 1.807) is 25.3 Å². The Morgan fingerprint density at radius 3 is 2.57 bits per heavy atom. The molecule has 0 spiro atoms. The van der Waals surface area contributed by atoms with Gasteiger partial charge < -0.3 is 9.47 Å². The fourth-order valence-electron chi connectivity index (χ4n) is 1.77. The summed E-state index contributed by atoms with van der Waals surface area (Å²) in [4.78, 5) is 13.0. The first kappa shape index (κ1) is 15.9. The molecule has 0 bridgehead atoms. The number of rotatable bonds is 5. The number of methoxy groups -OCH3 is 1. The fraction of sp³-hybridized carbons (Fsp3) is 0.188. The molecule has 0 amide bonds. The van der Waals surface area contributed by atoms with Crippen molar-refractivity contribution in [1.29, 1.82) is 0 Å². The lowest BCUT2D eigenvalue weighted by molar-refractivity contribution is -0.131. The van der Waals surface area contributed by atoms with Crippen LogP contribution in [0.4, 0.5) is 0 Å². The zero-order valence-corrected chi connectivity index (χ0v) is 14.2. The van der Waals surface area contributed by atoms with Crippen LogP contribution >= 0.6 is 27.7 Å². The zero-order valence-electron chi connectivity index (χ0n) is 11.8. The van der Waals surface area contributed by atoms with E-state index in [9.17, 15) is 4.79 Å². The number of para-hydroxylation sites is 2. The maximum absolute atomic E-state index is 11.9. The molecule has 0 N–H and O–H groups in total. The van der Waals surface area contributed by atoms with Crippen molar-refractivity contribution in [3.8, 4) is 11.5 Å². The van der Waals surface area contributed by atoms with Crippen molar-refractivity contribution in [2.75, 3.05) is 12.9 Å². The maximum Gasteiger partial charge on any atom is 0.321 e. The number of carbonyl (C=O) groups excluding carboxylic acids is 1. The molecule has 0 aliphatic heterocycles. The van der Waals surface area contributed by atoms with E-state index < -0.39 is 0 Å². The Kier molecular flexibility index (Phi) is 5.70. The molecule has 2 aromatic rings. The van der Waals surface area contributed by atoms with Crippen LogP contribution in [-0.2, 0) is 4.79 Å². The van der Waals surface area contributed by atoms with Gasteiger partial charge in [-0.15, -0.1) is 11.8 Å². The Morgan fingerprint density at radius 1 is 1.19 bits per heavy atom. The number of thioether (sulfide) groups is 1. The van der Waals surface area contributed by atoms with Crippen LogP contribution in [-0.4, -0.2) is 18.8 Å². The van der Waals surface area contributed by atoms with Gasteiger partial charge in [-0.05, 0) is 42.8 Å². The predicted molar refractivity (Wildman–Crippen MR) is 88.2 cm³/mol. The van der Waals surface area contributed by atoms with E-state index >= 15 is 0 Å². The molecule has 0 atom stereocenters. The van der Waals surface area contributed by atoms with E-state index in [2.05, 4.69) is 15.9 Å². The highest BCUT2D eigenvalue weighted by atomic mass is 79.9. The topological polar surface area (TPSA) is 35.5 Å². The number of halogens is 1. The molecule has 0 heterocycles. The van der Waals surface area contributed by atoms with E-state index in [1.807, 2.05) is 31.2 Å². The first-order valence-electron chi connectivity index (χ1n) is 6.33. The first-order chi connectivity index (χ1) is 10.1. The molecule has 2 aromatic carbocycles. The summed E-state index contributed by atoms with van der Waals surface area (Å²) in [6.45, 7) is 2.01. The second-order valence-electron chi connectivity index (χ2n) is 4.32. The van der Waals surface area contributed by atoms with Crippen molar-refractivity contribution in [2.45, 2.75) is 11.8 Å². The van der Waals surface area contributed by atoms with Gasteiger partial charge in [0.05, 0.1) is 12.9 Å². The van der Waals surface area contributed by atoms with Gasteiger partial charge in [0.15, 0.2) is 11.5 Å². The summed E-state index contributed by atoms with van der Waals surface area (Å²) in [5, 5.41) is 0. The minimum absolute atomic E-state index is 0.251. The number of hydrogen-bond acceptors (Lipinski definition) is 4. The highest BCUT2D eigenvalue weighted by molar-refractivity contribution is 9.10. The van der Waals surface area contributed by atoms with Gasteiger partial charge >= 0.3 is 5.97 Å². The van der Waals surface area contributed by atoms with Crippen LogP contribution in [0.1, 0.15) is 5.56 Å². The molecule has 0 saturated carbocycles. The molecule has 0 fully saturated rings. The molecule has 0 aliphatic carbocycles. The summed E-state index contributed by atoms with van der Waals surface area (Å²) in [7, 11) is 1.55. The lowest BCUT2D eigenvalue weighted by Crippen LogP contribution is -2.11. The Hall–Kier alpha value is -1.46. The molecule has 0 saturated heterocycles. The molecular weight excluding hydrogens is 352 g/mol. The third kappa shape index (κ3) is 4.51. The average molecular weight is 367 g/mol. The minimum Gasteiger partial charge on any atom is -0.493 e. The van der Waals surface area contributed by atoms with Crippen molar-refractivity contribution in [3.63, 3.8) is 0 Å². The monoisotopic (exact) mass is 366 g/mol. The van der Waals surface area contributed by atoms with Gasteiger partial charge in [-0.1, -0.05) is 28.1 Å². The highest BCUT2D eigenvalue weighted by Gasteiger charge is 2.10. The Bertz CT molecular complexity index is 643. The lowest BCUT2D eigenvalue weighted by Gasteiger charge is -2.09. The highest BCUT2D eigenvalue weighted by Crippen LogP contribution is 2.28. The lowest BCUT2D eigenvalue weighted by atomic mass is 10.2. The average Bonchev–Trinajstić information content (AvgIpc) is 2.47. The Balaban J connectivity index is 1.96. The van der Waals surface area contributed by atoms with Gasteiger partial charge in [0, 0.05) is 9.37 Å². The van der Waals surface area contributed by atoms with Gasteiger partial charge in [0.2, 0.25) is 0 Å². The SMILES string of the molecule is COc1ccccc1OC(=O)CSc1ccc(Br)cc1C. The molecule has 0 radical (unpaired) electrons. The number of aryl methyl sites for hydroxylation is 1. The van der Waals surface area contributed by atoms with Gasteiger partial charge in [-0.2, -0.15) is 0 Å². The second-order valence-corrected chi connectivity index (χ2v) is 6.26. The van der Waals surface area contributed by atoms with E-state index in [1.165, 1.54) is 11.8 Å². The number of esters is 1. The second kappa shape index (κ2) is 7.52. The largest absolute Gasteiger partial charge is 0.493 e. The summed E-state index contributed by atoms with van der Waals surface area (Å²) in [5.41, 5.74) is 1.12. The summed E-state index contributed by atoms with van der Waals surface area (Å²) in [5.74, 6) is 0.946. The molecule has 110 valence electrons. The molecule has 21 heavy (non-hydrogen) atoms. The summed E-state index contributed by atoms with van der Waals surface area (Å²) >= 11 is 4.88. The van der Waals surface area contributed by atoms with E-state index in [0.29, 0.717) is 11.5 Å². The minimum atomic E-state index is -0.299. The molecule has 5 heteroatoms. The first-order valence-corrected chi connectivity index (χ1v) is 8.10. The van der Waals surface area contributed by atoms with Crippen LogP contribution in [0.5, 0.6) is 11.5 Å². The van der Waals surface area contributed by atoms with Crippen molar-refractivity contribution >= 4 is 33.7 Å². The smallest absolute Gasteiger partial charge is 0.321 e. The van der Waals surface area contributed by atoms with Crippen LogP contribution in [0.25, 0.3) is 0 Å². The normalized spacial score (nSPS) is 10.2. The molecule has 2 rings (SSSR count). The Labute approximate surface area is 136 Å². The van der Waals surface area contributed by atoms with Crippen LogP contribution in [0, 0.1) is 6.92 Å². The summed E-state index contributed by atoms with van der Waals surface area (Å²) < 4.78 is 11.5. The van der Waals surface area contributed by atoms with E-state index in [0.717, 1.165) is 14.9 Å². The number of hydrogen-bond donors (Lipinski definition) is 0. The van der Waals surface area contributed by atoms with Crippen LogP contribution in [0.2, 0.25) is 0 Å². The van der Waals surface area contributed by atoms with E-state index in [4.69, 9.17) is 9.47 Å². The summed E-state index contributed by atoms with van der Waals surface area (Å²) in [6, 6.07) is 13.1.